The number of hydrogen-bond donors (Lipinski definition) is 0. The molecule has 0 aromatic heterocycles. The minimum absolute atomic E-state index is 0.129. The van der Waals surface area contributed by atoms with Gasteiger partial charge < -0.3 is 0 Å². The van der Waals surface area contributed by atoms with Gasteiger partial charge in [-0.15, -0.1) is 0 Å². The fraction of sp³-hybridized carbons (Fsp3) is 0.471. The first-order chi connectivity index (χ1) is 22.3. The van der Waals surface area contributed by atoms with Crippen LogP contribution in [0.25, 0.3) is 0 Å². The van der Waals surface area contributed by atoms with Crippen LogP contribution in [0.3, 0.4) is 0 Å². The zero-order valence-corrected chi connectivity index (χ0v) is 30.1. The Morgan fingerprint density at radius 1 is 0.489 bits per heavy atom. The lowest BCUT2D eigenvalue weighted by Gasteiger charge is -2.29. The molecular weight excluding hydrogens is 657 g/mol. The lowest BCUT2D eigenvalue weighted by molar-refractivity contribution is 0.236. The number of aryl methyl sites for hydroxylation is 2. The first-order valence-corrected chi connectivity index (χ1v) is 20.8. The van der Waals surface area contributed by atoms with Crippen LogP contribution in [0.1, 0.15) is 42.4 Å². The molecule has 1 heterocycles. The van der Waals surface area contributed by atoms with E-state index in [1.165, 1.54) is 12.9 Å². The largest absolute Gasteiger partial charge is 0.299 e. The van der Waals surface area contributed by atoms with Crippen molar-refractivity contribution >= 4 is 30.1 Å². The van der Waals surface area contributed by atoms with E-state index in [4.69, 9.17) is 0 Å². The Labute approximate surface area is 282 Å². The predicted molar refractivity (Wildman–Crippen MR) is 186 cm³/mol. The molecule has 47 heavy (non-hydrogen) atoms. The lowest BCUT2D eigenvalue weighted by atomic mass is 10.2. The molecule has 1 saturated heterocycles. The number of sulfonamides is 3. The molecule has 13 heteroatoms. The van der Waals surface area contributed by atoms with Gasteiger partial charge in [0.2, 0.25) is 30.1 Å². The second-order valence-corrected chi connectivity index (χ2v) is 18.1. The standard InChI is InChI=1S/C34H48N4O6S3/c1-30-13-17-33(18-14-30)46(41,42)37-25-7-21-35(29-32-11-5-4-6-12-32)22-8-26-38(47(43,44)34-19-15-31(2)16-20-34)28-10-24-36(23-9-27-37)45(3,39)40/h4-6,11-20H,7-10,21-29H2,1-3H3. The fourth-order valence-electron chi connectivity index (χ4n) is 5.77. The Kier molecular flexibility index (Phi) is 13.2. The van der Waals surface area contributed by atoms with Crippen molar-refractivity contribution in [1.29, 1.82) is 0 Å². The summed E-state index contributed by atoms with van der Waals surface area (Å²) in [6.07, 6.45) is 2.85. The van der Waals surface area contributed by atoms with E-state index in [-0.39, 0.29) is 49.1 Å². The average Bonchev–Trinajstić information content (AvgIpc) is 3.02. The summed E-state index contributed by atoms with van der Waals surface area (Å²) in [7, 11) is -11.2. The van der Waals surface area contributed by atoms with Gasteiger partial charge in [0.1, 0.15) is 0 Å². The maximum atomic E-state index is 13.8. The van der Waals surface area contributed by atoms with Crippen molar-refractivity contribution in [3.8, 4) is 0 Å². The molecule has 0 bridgehead atoms. The first kappa shape index (κ1) is 37.2. The molecule has 0 saturated carbocycles. The minimum atomic E-state index is -3.81. The zero-order valence-electron chi connectivity index (χ0n) is 27.7. The molecular formula is C34H48N4O6S3. The highest BCUT2D eigenvalue weighted by atomic mass is 32.2. The van der Waals surface area contributed by atoms with Gasteiger partial charge in [-0.2, -0.15) is 8.61 Å². The molecule has 1 aliphatic heterocycles. The number of hydrogen-bond acceptors (Lipinski definition) is 7. The number of benzene rings is 3. The average molecular weight is 705 g/mol. The summed E-state index contributed by atoms with van der Waals surface area (Å²) in [5, 5.41) is 0. The van der Waals surface area contributed by atoms with Crippen LogP contribution in [-0.2, 0) is 36.6 Å². The Morgan fingerprint density at radius 3 is 1.23 bits per heavy atom. The van der Waals surface area contributed by atoms with Crippen molar-refractivity contribution in [2.24, 2.45) is 0 Å². The summed E-state index contributed by atoms with van der Waals surface area (Å²) < 4.78 is 84.8. The van der Waals surface area contributed by atoms with Crippen LogP contribution in [0.2, 0.25) is 0 Å². The maximum absolute atomic E-state index is 13.8. The summed E-state index contributed by atoms with van der Waals surface area (Å²) in [5.74, 6) is 0. The van der Waals surface area contributed by atoms with Crippen LogP contribution >= 0.6 is 0 Å². The smallest absolute Gasteiger partial charge is 0.243 e. The highest BCUT2D eigenvalue weighted by Gasteiger charge is 2.28. The van der Waals surface area contributed by atoms with E-state index >= 15 is 0 Å². The van der Waals surface area contributed by atoms with Gasteiger partial charge in [-0.05, 0) is 82.4 Å². The fourth-order valence-corrected chi connectivity index (χ4v) is 9.72. The third-order valence-corrected chi connectivity index (χ3v) is 13.6. The maximum Gasteiger partial charge on any atom is 0.243 e. The third-order valence-electron chi connectivity index (χ3n) is 8.43. The first-order valence-electron chi connectivity index (χ1n) is 16.1. The highest BCUT2D eigenvalue weighted by Crippen LogP contribution is 2.21. The Hall–Kier alpha value is -2.65. The molecule has 1 fully saturated rings. The Bertz CT molecular complexity index is 1650. The van der Waals surface area contributed by atoms with Crippen LogP contribution in [0.4, 0.5) is 0 Å². The van der Waals surface area contributed by atoms with Gasteiger partial charge in [0.25, 0.3) is 0 Å². The van der Waals surface area contributed by atoms with Gasteiger partial charge in [-0.3, -0.25) is 4.90 Å². The summed E-state index contributed by atoms with van der Waals surface area (Å²) >= 11 is 0. The van der Waals surface area contributed by atoms with Crippen LogP contribution < -0.4 is 0 Å². The number of nitrogens with zero attached hydrogens (tertiary/aromatic N) is 4. The number of rotatable bonds is 7. The van der Waals surface area contributed by atoms with Crippen molar-refractivity contribution in [1.82, 2.24) is 17.8 Å². The van der Waals surface area contributed by atoms with E-state index in [1.54, 1.807) is 48.5 Å². The van der Waals surface area contributed by atoms with Crippen LogP contribution in [0.15, 0.2) is 88.7 Å². The van der Waals surface area contributed by atoms with Gasteiger partial charge >= 0.3 is 0 Å². The highest BCUT2D eigenvalue weighted by molar-refractivity contribution is 7.89. The molecule has 0 amide bonds. The third kappa shape index (κ3) is 10.7. The van der Waals surface area contributed by atoms with Crippen molar-refractivity contribution in [3.05, 3.63) is 95.6 Å². The van der Waals surface area contributed by atoms with Crippen LogP contribution in [-0.4, -0.2) is 102 Å². The van der Waals surface area contributed by atoms with E-state index in [9.17, 15) is 25.3 Å². The van der Waals surface area contributed by atoms with Crippen LogP contribution in [0.5, 0.6) is 0 Å². The van der Waals surface area contributed by atoms with Gasteiger partial charge in [0.15, 0.2) is 0 Å². The van der Waals surface area contributed by atoms with Crippen molar-refractivity contribution in [2.75, 3.05) is 58.6 Å². The molecule has 0 N–H and O–H groups in total. The predicted octanol–water partition coefficient (Wildman–Crippen LogP) is 4.32. The summed E-state index contributed by atoms with van der Waals surface area (Å²) in [6.45, 7) is 6.80. The molecule has 0 aliphatic carbocycles. The summed E-state index contributed by atoms with van der Waals surface area (Å²) in [5.41, 5.74) is 3.04. The second-order valence-electron chi connectivity index (χ2n) is 12.3. The monoisotopic (exact) mass is 704 g/mol. The molecule has 3 aromatic rings. The SMILES string of the molecule is Cc1ccc(S(=O)(=O)N2CCCN(Cc3ccccc3)CCCN(S(=O)(=O)c3ccc(C)cc3)CCCN(S(C)(=O)=O)CCC2)cc1. The summed E-state index contributed by atoms with van der Waals surface area (Å²) in [6, 6.07) is 23.6. The van der Waals surface area contributed by atoms with E-state index in [0.717, 1.165) is 22.9 Å². The summed E-state index contributed by atoms with van der Waals surface area (Å²) in [4.78, 5) is 2.68. The normalized spacial score (nSPS) is 18.6. The molecule has 3 aromatic carbocycles. The molecule has 258 valence electrons. The van der Waals surface area contributed by atoms with Crippen molar-refractivity contribution in [2.45, 2.75) is 55.9 Å². The topological polar surface area (TPSA) is 115 Å². The molecule has 0 unspecified atom stereocenters. The van der Waals surface area contributed by atoms with Gasteiger partial charge in [-0.25, -0.2) is 29.6 Å². The molecule has 0 spiro atoms. The molecule has 1 aliphatic rings. The molecule has 0 radical (unpaired) electrons. The van der Waals surface area contributed by atoms with E-state index in [1.807, 2.05) is 32.0 Å². The van der Waals surface area contributed by atoms with Gasteiger partial charge in [-0.1, -0.05) is 65.7 Å². The minimum Gasteiger partial charge on any atom is -0.299 e. The van der Waals surface area contributed by atoms with E-state index in [2.05, 4.69) is 17.0 Å². The lowest BCUT2D eigenvalue weighted by Crippen LogP contribution is -2.40. The van der Waals surface area contributed by atoms with Gasteiger partial charge in [0.05, 0.1) is 16.0 Å². The van der Waals surface area contributed by atoms with Crippen molar-refractivity contribution < 1.29 is 25.3 Å². The Balaban J connectivity index is 1.60. The van der Waals surface area contributed by atoms with E-state index in [0.29, 0.717) is 45.3 Å². The molecule has 0 atom stereocenters. The second kappa shape index (κ2) is 16.6. The molecule has 4 rings (SSSR count). The molecule has 10 nitrogen and oxygen atoms in total. The van der Waals surface area contributed by atoms with E-state index < -0.39 is 30.1 Å². The zero-order chi connectivity index (χ0) is 34.1. The Morgan fingerprint density at radius 2 is 0.851 bits per heavy atom. The van der Waals surface area contributed by atoms with Crippen LogP contribution in [0, 0.1) is 13.8 Å². The quantitative estimate of drug-likeness (QED) is 0.360. The van der Waals surface area contributed by atoms with Crippen molar-refractivity contribution in [3.63, 3.8) is 0 Å². The van der Waals surface area contributed by atoms with Gasteiger partial charge in [0, 0.05) is 45.8 Å².